The molecule has 0 unspecified atom stereocenters. The maximum Gasteiger partial charge on any atom is 0.270 e. The highest BCUT2D eigenvalue weighted by molar-refractivity contribution is 7.99. The third-order valence-electron chi connectivity index (χ3n) is 1.63. The molecular weight excluding hydrogens is 234 g/mol. The van der Waals surface area contributed by atoms with Crippen molar-refractivity contribution in [1.29, 1.82) is 0 Å². The minimum absolute atomic E-state index is 0.110. The lowest BCUT2D eigenvalue weighted by Gasteiger charge is -2.00. The van der Waals surface area contributed by atoms with Gasteiger partial charge in [-0.1, -0.05) is 23.4 Å². The SMILES string of the molecule is O=c1[nH]cnc(Sc2ccncc2)c1Cl. The molecule has 0 spiro atoms. The van der Waals surface area contributed by atoms with Gasteiger partial charge in [0.05, 0.1) is 6.33 Å². The van der Waals surface area contributed by atoms with Crippen molar-refractivity contribution in [3.05, 3.63) is 46.2 Å². The normalized spacial score (nSPS) is 10.2. The first kappa shape index (κ1) is 10.2. The minimum atomic E-state index is -0.330. The second-order valence-electron chi connectivity index (χ2n) is 2.64. The largest absolute Gasteiger partial charge is 0.312 e. The molecular formula is C9H6ClN3OS. The second-order valence-corrected chi connectivity index (χ2v) is 4.08. The molecule has 1 N–H and O–H groups in total. The summed E-state index contributed by atoms with van der Waals surface area (Å²) in [7, 11) is 0. The van der Waals surface area contributed by atoms with Gasteiger partial charge in [-0.25, -0.2) is 4.98 Å². The minimum Gasteiger partial charge on any atom is -0.312 e. The van der Waals surface area contributed by atoms with E-state index in [0.717, 1.165) is 4.90 Å². The van der Waals surface area contributed by atoms with Crippen LogP contribution in [0.5, 0.6) is 0 Å². The van der Waals surface area contributed by atoms with E-state index in [1.807, 2.05) is 12.1 Å². The van der Waals surface area contributed by atoms with Gasteiger partial charge in [0.2, 0.25) is 0 Å². The molecule has 2 rings (SSSR count). The number of rotatable bonds is 2. The summed E-state index contributed by atoms with van der Waals surface area (Å²) in [4.78, 5) is 22.4. The molecule has 0 atom stereocenters. The molecule has 0 aliphatic rings. The molecule has 2 heterocycles. The van der Waals surface area contributed by atoms with Crippen molar-refractivity contribution in [1.82, 2.24) is 15.0 Å². The van der Waals surface area contributed by atoms with Crippen LogP contribution in [0.15, 0.2) is 45.6 Å². The first-order valence-electron chi connectivity index (χ1n) is 4.08. The smallest absolute Gasteiger partial charge is 0.270 e. The average Bonchev–Trinajstić information content (AvgIpc) is 2.26. The third kappa shape index (κ3) is 2.37. The monoisotopic (exact) mass is 239 g/mol. The molecule has 0 saturated heterocycles. The molecule has 0 aliphatic heterocycles. The maximum absolute atomic E-state index is 11.2. The van der Waals surface area contributed by atoms with Crippen LogP contribution in [0.2, 0.25) is 5.02 Å². The Morgan fingerprint density at radius 1 is 1.33 bits per heavy atom. The Hall–Kier alpha value is -1.33. The van der Waals surface area contributed by atoms with Crippen LogP contribution in [-0.4, -0.2) is 15.0 Å². The molecule has 6 heteroatoms. The molecule has 0 amide bonds. The van der Waals surface area contributed by atoms with E-state index in [1.165, 1.54) is 18.1 Å². The second kappa shape index (κ2) is 4.46. The molecule has 0 bridgehead atoms. The molecule has 4 nitrogen and oxygen atoms in total. The van der Waals surface area contributed by atoms with Crippen LogP contribution < -0.4 is 5.56 Å². The van der Waals surface area contributed by atoms with Gasteiger partial charge in [0.25, 0.3) is 5.56 Å². The number of H-pyrrole nitrogens is 1. The van der Waals surface area contributed by atoms with Crippen LogP contribution in [0.3, 0.4) is 0 Å². The fourth-order valence-electron chi connectivity index (χ4n) is 0.956. The van der Waals surface area contributed by atoms with Gasteiger partial charge in [-0.05, 0) is 12.1 Å². The Morgan fingerprint density at radius 2 is 2.07 bits per heavy atom. The van der Waals surface area contributed by atoms with E-state index < -0.39 is 0 Å². The Kier molecular flexibility index (Phi) is 3.03. The summed E-state index contributed by atoms with van der Waals surface area (Å²) in [5, 5.41) is 0.603. The van der Waals surface area contributed by atoms with Crippen molar-refractivity contribution in [2.24, 2.45) is 0 Å². The van der Waals surface area contributed by atoms with Crippen molar-refractivity contribution in [2.45, 2.75) is 9.92 Å². The topological polar surface area (TPSA) is 58.6 Å². The van der Waals surface area contributed by atoms with Crippen molar-refractivity contribution >= 4 is 23.4 Å². The highest BCUT2D eigenvalue weighted by Gasteiger charge is 2.06. The Bertz CT molecular complexity index is 514. The van der Waals surface area contributed by atoms with E-state index in [0.29, 0.717) is 5.03 Å². The van der Waals surface area contributed by atoms with Crippen LogP contribution in [0.1, 0.15) is 0 Å². The standard InChI is InChI=1S/C9H6ClN3OS/c10-7-8(14)12-5-13-9(7)15-6-1-3-11-4-2-6/h1-5H,(H,12,13,14). The highest BCUT2D eigenvalue weighted by Crippen LogP contribution is 2.28. The molecule has 0 aromatic carbocycles. The zero-order valence-corrected chi connectivity index (χ0v) is 9.05. The van der Waals surface area contributed by atoms with Crippen LogP contribution in [0.4, 0.5) is 0 Å². The van der Waals surface area contributed by atoms with Gasteiger partial charge >= 0.3 is 0 Å². The van der Waals surface area contributed by atoms with Crippen LogP contribution >= 0.6 is 23.4 Å². The molecule has 0 radical (unpaired) electrons. The van der Waals surface area contributed by atoms with E-state index in [9.17, 15) is 4.79 Å². The number of nitrogens with one attached hydrogen (secondary N) is 1. The van der Waals surface area contributed by atoms with E-state index in [2.05, 4.69) is 15.0 Å². The van der Waals surface area contributed by atoms with Gasteiger partial charge in [0.15, 0.2) is 0 Å². The number of pyridine rings is 1. The first-order chi connectivity index (χ1) is 7.27. The molecule has 15 heavy (non-hydrogen) atoms. The number of aromatic nitrogens is 3. The molecule has 0 aliphatic carbocycles. The lowest BCUT2D eigenvalue weighted by atomic mass is 10.5. The third-order valence-corrected chi connectivity index (χ3v) is 3.10. The predicted molar refractivity (Wildman–Crippen MR) is 58.2 cm³/mol. The van der Waals surface area contributed by atoms with Gasteiger partial charge in [-0.2, -0.15) is 0 Å². The number of aromatic amines is 1. The van der Waals surface area contributed by atoms with Gasteiger partial charge in [-0.3, -0.25) is 9.78 Å². The summed E-state index contributed by atoms with van der Waals surface area (Å²) in [6, 6.07) is 3.65. The summed E-state index contributed by atoms with van der Waals surface area (Å²) in [5.41, 5.74) is -0.330. The average molecular weight is 240 g/mol. The summed E-state index contributed by atoms with van der Waals surface area (Å²) < 4.78 is 0. The van der Waals surface area contributed by atoms with Crippen molar-refractivity contribution in [3.8, 4) is 0 Å². The molecule has 76 valence electrons. The number of halogens is 1. The van der Waals surface area contributed by atoms with Gasteiger partial charge in [0, 0.05) is 17.3 Å². The lowest BCUT2D eigenvalue weighted by Crippen LogP contribution is -2.07. The number of hydrogen-bond acceptors (Lipinski definition) is 4. The fourth-order valence-corrected chi connectivity index (χ4v) is 1.94. The van der Waals surface area contributed by atoms with Crippen LogP contribution in [0.25, 0.3) is 0 Å². The lowest BCUT2D eigenvalue weighted by molar-refractivity contribution is 1.01. The highest BCUT2D eigenvalue weighted by atomic mass is 35.5. The van der Waals surface area contributed by atoms with E-state index in [1.54, 1.807) is 12.4 Å². The fraction of sp³-hybridized carbons (Fsp3) is 0. The summed E-state index contributed by atoms with van der Waals surface area (Å²) >= 11 is 7.13. The molecule has 0 saturated carbocycles. The van der Waals surface area contributed by atoms with E-state index >= 15 is 0 Å². The van der Waals surface area contributed by atoms with E-state index in [4.69, 9.17) is 11.6 Å². The van der Waals surface area contributed by atoms with Crippen LogP contribution in [-0.2, 0) is 0 Å². The Balaban J connectivity index is 2.33. The van der Waals surface area contributed by atoms with Crippen molar-refractivity contribution in [3.63, 3.8) is 0 Å². The quantitative estimate of drug-likeness (QED) is 0.814. The number of hydrogen-bond donors (Lipinski definition) is 1. The zero-order valence-electron chi connectivity index (χ0n) is 7.48. The van der Waals surface area contributed by atoms with Crippen molar-refractivity contribution in [2.75, 3.05) is 0 Å². The maximum atomic E-state index is 11.2. The molecule has 2 aromatic rings. The van der Waals surface area contributed by atoms with E-state index in [-0.39, 0.29) is 10.6 Å². The molecule has 2 aromatic heterocycles. The van der Waals surface area contributed by atoms with Gasteiger partial charge < -0.3 is 4.98 Å². The molecule has 0 fully saturated rings. The Morgan fingerprint density at radius 3 is 2.80 bits per heavy atom. The first-order valence-corrected chi connectivity index (χ1v) is 5.28. The van der Waals surface area contributed by atoms with Gasteiger partial charge in [-0.15, -0.1) is 0 Å². The summed E-state index contributed by atoms with van der Waals surface area (Å²) in [5.74, 6) is 0. The van der Waals surface area contributed by atoms with Crippen molar-refractivity contribution < 1.29 is 0 Å². The Labute approximate surface area is 94.7 Å². The summed E-state index contributed by atoms with van der Waals surface area (Å²) in [6.45, 7) is 0. The zero-order chi connectivity index (χ0) is 10.7. The number of nitrogens with zero attached hydrogens (tertiary/aromatic N) is 2. The summed E-state index contributed by atoms with van der Waals surface area (Å²) in [6.07, 6.45) is 4.67. The van der Waals surface area contributed by atoms with Gasteiger partial charge in [0.1, 0.15) is 10.0 Å². The van der Waals surface area contributed by atoms with Crippen LogP contribution in [0, 0.1) is 0 Å². The predicted octanol–water partition coefficient (Wildman–Crippen LogP) is 1.97.